The van der Waals surface area contributed by atoms with E-state index in [1.165, 1.54) is 12.5 Å². The van der Waals surface area contributed by atoms with E-state index in [0.29, 0.717) is 0 Å². The van der Waals surface area contributed by atoms with Crippen molar-refractivity contribution in [1.82, 2.24) is 0 Å². The van der Waals surface area contributed by atoms with E-state index in [0.717, 1.165) is 0 Å². The second-order valence-corrected chi connectivity index (χ2v) is 10.9. The molecule has 0 heterocycles. The van der Waals surface area contributed by atoms with Crippen LogP contribution in [-0.2, 0) is 23.9 Å². The molecule has 0 bridgehead atoms. The maximum atomic E-state index is 12.1. The minimum absolute atomic E-state index is 0.00465. The lowest BCUT2D eigenvalue weighted by Gasteiger charge is -2.29. The summed E-state index contributed by atoms with van der Waals surface area (Å²) in [5.41, 5.74) is -5.48. The third-order valence-corrected chi connectivity index (χ3v) is 6.68. The predicted octanol–water partition coefficient (Wildman–Crippen LogP) is 1.50. The maximum Gasteiger partial charge on any atom is 0.523 e. The van der Waals surface area contributed by atoms with Crippen LogP contribution in [0.3, 0.4) is 0 Å². The van der Waals surface area contributed by atoms with Crippen molar-refractivity contribution in [3.8, 4) is 0 Å². The second kappa shape index (κ2) is 6.16. The van der Waals surface area contributed by atoms with Crippen LogP contribution in [0.15, 0.2) is 0 Å². The molecule has 0 aliphatic heterocycles. The molecule has 0 saturated heterocycles. The number of rotatable bonds is 7. The molecule has 0 aromatic rings. The molecule has 0 aliphatic carbocycles. The zero-order valence-electron chi connectivity index (χ0n) is 10.2. The highest BCUT2D eigenvalue weighted by atomic mass is 32.3. The first-order chi connectivity index (χ1) is 8.16. The first-order valence-electron chi connectivity index (χ1n) is 4.85. The van der Waals surface area contributed by atoms with Gasteiger partial charge in [-0.05, 0) is 31.1 Å². The van der Waals surface area contributed by atoms with Crippen LogP contribution in [0.4, 0.5) is 13.2 Å². The summed E-state index contributed by atoms with van der Waals surface area (Å²) >= 11 is 0. The lowest BCUT2D eigenvalue weighted by Crippen LogP contribution is -2.27. The smallest absolute Gasteiger partial charge is 0.286 e. The lowest BCUT2D eigenvalue weighted by atomic mass is 10.4. The predicted molar refractivity (Wildman–Crippen MR) is 66.0 cm³/mol. The Labute approximate surface area is 111 Å². The minimum Gasteiger partial charge on any atom is -0.286 e. The van der Waals surface area contributed by atoms with Crippen molar-refractivity contribution in [1.29, 1.82) is 0 Å². The minimum atomic E-state index is -5.65. The summed E-state index contributed by atoms with van der Waals surface area (Å²) in [6, 6.07) is 0. The fourth-order valence-electron chi connectivity index (χ4n) is 1.05. The quantitative estimate of drug-likeness (QED) is 0.425. The summed E-state index contributed by atoms with van der Waals surface area (Å²) in [4.78, 5) is 0. The highest BCUT2D eigenvalue weighted by molar-refractivity contribution is 8.32. The third kappa shape index (κ3) is 7.97. The molecule has 0 spiro atoms. The van der Waals surface area contributed by atoms with Gasteiger partial charge in [-0.3, -0.25) is 4.55 Å². The molecular weight excluding hydrogens is 333 g/mol. The zero-order valence-corrected chi connectivity index (χ0v) is 12.6. The second-order valence-electron chi connectivity index (χ2n) is 4.10. The van der Waals surface area contributed by atoms with E-state index in [4.69, 9.17) is 4.55 Å². The molecule has 0 aliphatic rings. The van der Waals surface area contributed by atoms with Gasteiger partial charge < -0.3 is 0 Å². The average molecular weight is 348 g/mol. The van der Waals surface area contributed by atoms with Crippen molar-refractivity contribution in [3.63, 3.8) is 0 Å². The van der Waals surface area contributed by atoms with Crippen LogP contribution in [0.2, 0.25) is 0 Å². The van der Waals surface area contributed by atoms with Crippen LogP contribution in [0.5, 0.6) is 0 Å². The first-order valence-corrected chi connectivity index (χ1v) is 10.4. The van der Waals surface area contributed by atoms with E-state index < -0.39 is 41.8 Å². The molecule has 0 atom stereocenters. The number of unbranched alkanes of at least 4 members (excludes halogenated alkanes) is 1. The van der Waals surface area contributed by atoms with Gasteiger partial charge in [0.05, 0.1) is 5.75 Å². The molecule has 1 N–H and O–H groups in total. The van der Waals surface area contributed by atoms with Gasteiger partial charge in [-0.2, -0.15) is 30.0 Å². The number of halogens is 3. The van der Waals surface area contributed by atoms with Crippen LogP contribution in [0.1, 0.15) is 12.8 Å². The molecule has 19 heavy (non-hydrogen) atoms. The number of alkyl halides is 3. The average Bonchev–Trinajstić information content (AvgIpc) is 2.07. The molecule has 0 unspecified atom stereocenters. The molecule has 0 saturated carbocycles. The summed E-state index contributed by atoms with van der Waals surface area (Å²) in [5.74, 6) is -0.563. The molecule has 6 nitrogen and oxygen atoms in total. The molecule has 0 fully saturated rings. The van der Waals surface area contributed by atoms with Crippen molar-refractivity contribution in [2.75, 3.05) is 24.0 Å². The fourth-order valence-corrected chi connectivity index (χ4v) is 5.04. The van der Waals surface area contributed by atoms with Crippen molar-refractivity contribution in [2.24, 2.45) is 0 Å². The van der Waals surface area contributed by atoms with Crippen LogP contribution < -0.4 is 0 Å². The topological polar surface area (TPSA) is 97.7 Å². The Morgan fingerprint density at radius 3 is 1.79 bits per heavy atom. The fraction of sp³-hybridized carbons (Fsp3) is 1.00. The molecular formula is C7H15F3O6S3. The number of hydrogen-bond donors (Lipinski definition) is 1. The van der Waals surface area contributed by atoms with Gasteiger partial charge in [-0.15, -0.1) is 10.3 Å². The Bertz CT molecular complexity index is 493. The van der Waals surface area contributed by atoms with Crippen molar-refractivity contribution in [3.05, 3.63) is 0 Å². The van der Waals surface area contributed by atoms with Gasteiger partial charge in [-0.1, -0.05) is 0 Å². The van der Waals surface area contributed by atoms with E-state index in [1.807, 2.05) is 0 Å². The van der Waals surface area contributed by atoms with Gasteiger partial charge in [0.2, 0.25) is 0 Å². The Kier molecular flexibility index (Phi) is 6.15. The molecule has 0 rings (SSSR count). The molecule has 118 valence electrons. The monoisotopic (exact) mass is 348 g/mol. The van der Waals surface area contributed by atoms with E-state index in [2.05, 4.69) is 3.63 Å². The Morgan fingerprint density at radius 2 is 1.42 bits per heavy atom. The first kappa shape index (κ1) is 19.0. The molecule has 12 heteroatoms. The van der Waals surface area contributed by atoms with Crippen molar-refractivity contribution >= 4 is 30.5 Å². The van der Waals surface area contributed by atoms with E-state index in [-0.39, 0.29) is 18.6 Å². The third-order valence-electron chi connectivity index (χ3n) is 1.85. The van der Waals surface area contributed by atoms with Gasteiger partial charge in [0.25, 0.3) is 10.1 Å². The summed E-state index contributed by atoms with van der Waals surface area (Å²) in [6.07, 6.45) is 2.58. The Hall–Kier alpha value is -0.0400. The summed E-state index contributed by atoms with van der Waals surface area (Å²) in [7, 11) is -12.3. The van der Waals surface area contributed by atoms with E-state index >= 15 is 0 Å². The lowest BCUT2D eigenvalue weighted by molar-refractivity contribution is -0.0495. The SMILES string of the molecule is CS(C)(CCCCS(=O)(=O)O)OS(=O)(=O)C(F)(F)F. The Balaban J connectivity index is 4.43. The van der Waals surface area contributed by atoms with Gasteiger partial charge in [0.15, 0.2) is 0 Å². The summed E-state index contributed by atoms with van der Waals surface area (Å²) in [5, 5.41) is 0. The maximum absolute atomic E-state index is 12.1. The largest absolute Gasteiger partial charge is 0.523 e. The normalized spacial score (nSPS) is 15.5. The van der Waals surface area contributed by atoms with Gasteiger partial charge in [-0.25, -0.2) is 3.63 Å². The van der Waals surface area contributed by atoms with Crippen molar-refractivity contribution in [2.45, 2.75) is 18.3 Å². The van der Waals surface area contributed by atoms with Gasteiger partial charge in [0, 0.05) is 0 Å². The molecule has 0 aromatic heterocycles. The van der Waals surface area contributed by atoms with Crippen LogP contribution in [-0.4, -0.2) is 50.9 Å². The standard InChI is InChI=1S/C7H15F3O6S3/c1-17(2,5-3-4-6-18(11,12)13)16-19(14,15)7(8,9)10/h3-6H2,1-2H3,(H,11,12,13). The molecule has 0 amide bonds. The van der Waals surface area contributed by atoms with Crippen LogP contribution in [0.25, 0.3) is 0 Å². The highest BCUT2D eigenvalue weighted by Crippen LogP contribution is 2.46. The van der Waals surface area contributed by atoms with Gasteiger partial charge >= 0.3 is 15.6 Å². The van der Waals surface area contributed by atoms with Crippen LogP contribution >= 0.6 is 10.3 Å². The molecule has 0 aromatic carbocycles. The highest BCUT2D eigenvalue weighted by Gasteiger charge is 2.49. The van der Waals surface area contributed by atoms with E-state index in [9.17, 15) is 30.0 Å². The zero-order chi connectivity index (χ0) is 15.5. The van der Waals surface area contributed by atoms with Crippen LogP contribution in [0, 0.1) is 0 Å². The molecule has 0 radical (unpaired) electrons. The number of hydrogen-bond acceptors (Lipinski definition) is 5. The summed E-state index contributed by atoms with van der Waals surface area (Å²) < 4.78 is 91.3. The van der Waals surface area contributed by atoms with E-state index in [1.54, 1.807) is 0 Å². The van der Waals surface area contributed by atoms with Crippen molar-refractivity contribution < 1.29 is 38.2 Å². The summed E-state index contributed by atoms with van der Waals surface area (Å²) in [6.45, 7) is 0. The van der Waals surface area contributed by atoms with Gasteiger partial charge in [0.1, 0.15) is 0 Å². The Morgan fingerprint density at radius 1 is 1.00 bits per heavy atom.